The summed E-state index contributed by atoms with van der Waals surface area (Å²) in [6.45, 7) is 0. The van der Waals surface area contributed by atoms with Gasteiger partial charge in [-0.1, -0.05) is 54.6 Å². The summed E-state index contributed by atoms with van der Waals surface area (Å²) in [5, 5.41) is 2.93. The van der Waals surface area contributed by atoms with Crippen molar-refractivity contribution in [1.29, 1.82) is 0 Å². The van der Waals surface area contributed by atoms with E-state index < -0.39 is 11.9 Å². The molecule has 0 radical (unpaired) electrons. The molecule has 0 amide bonds. The molecule has 0 saturated heterocycles. The van der Waals surface area contributed by atoms with Gasteiger partial charge in [0.25, 0.3) is 0 Å². The SMILES string of the molecule is COC(=O)c1ccc2c(C(=O)c3cccc4ccccc34)c(C(=O)OC)ccc2c1. The minimum Gasteiger partial charge on any atom is -0.465 e. The van der Waals surface area contributed by atoms with Gasteiger partial charge in [-0.05, 0) is 39.7 Å². The summed E-state index contributed by atoms with van der Waals surface area (Å²) in [6, 6.07) is 21.2. The van der Waals surface area contributed by atoms with Crippen molar-refractivity contribution in [2.24, 2.45) is 0 Å². The summed E-state index contributed by atoms with van der Waals surface area (Å²) >= 11 is 0. The molecule has 0 bridgehead atoms. The van der Waals surface area contributed by atoms with Crippen molar-refractivity contribution in [1.82, 2.24) is 0 Å². The van der Waals surface area contributed by atoms with Gasteiger partial charge in [-0.15, -0.1) is 0 Å². The lowest BCUT2D eigenvalue weighted by Crippen LogP contribution is -2.13. The number of hydrogen-bond donors (Lipinski definition) is 0. The van der Waals surface area contributed by atoms with Crippen LogP contribution in [0.25, 0.3) is 21.5 Å². The summed E-state index contributed by atoms with van der Waals surface area (Å²) in [5.41, 5.74) is 1.27. The van der Waals surface area contributed by atoms with Gasteiger partial charge < -0.3 is 9.47 Å². The highest BCUT2D eigenvalue weighted by molar-refractivity contribution is 6.25. The van der Waals surface area contributed by atoms with Crippen LogP contribution in [0.3, 0.4) is 0 Å². The zero-order valence-electron chi connectivity index (χ0n) is 16.5. The molecule has 0 aliphatic heterocycles. The first-order valence-corrected chi connectivity index (χ1v) is 9.31. The first-order chi connectivity index (χ1) is 14.5. The fraction of sp³-hybridized carbons (Fsp3) is 0.0800. The van der Waals surface area contributed by atoms with E-state index in [4.69, 9.17) is 9.47 Å². The normalized spacial score (nSPS) is 10.7. The molecule has 30 heavy (non-hydrogen) atoms. The standard InChI is InChI=1S/C25H18O5/c1-29-24(27)17-11-12-19-16(14-17)10-13-21(25(28)30-2)22(19)23(26)20-9-5-7-15-6-3-4-8-18(15)20/h3-14H,1-2H3. The lowest BCUT2D eigenvalue weighted by atomic mass is 9.90. The minimum absolute atomic E-state index is 0.175. The van der Waals surface area contributed by atoms with Gasteiger partial charge in [-0.25, -0.2) is 9.59 Å². The third-order valence-corrected chi connectivity index (χ3v) is 5.11. The van der Waals surface area contributed by atoms with E-state index in [9.17, 15) is 14.4 Å². The third-order valence-electron chi connectivity index (χ3n) is 5.11. The number of ketones is 1. The van der Waals surface area contributed by atoms with E-state index in [1.807, 2.05) is 36.4 Å². The molecule has 0 atom stereocenters. The van der Waals surface area contributed by atoms with Crippen LogP contribution in [-0.2, 0) is 9.47 Å². The Hall–Kier alpha value is -3.99. The Kier molecular flexibility index (Phi) is 5.02. The van der Waals surface area contributed by atoms with Crippen molar-refractivity contribution in [2.45, 2.75) is 0 Å². The van der Waals surface area contributed by atoms with Gasteiger partial charge in [0.2, 0.25) is 0 Å². The average Bonchev–Trinajstić information content (AvgIpc) is 2.81. The van der Waals surface area contributed by atoms with Crippen LogP contribution >= 0.6 is 0 Å². The van der Waals surface area contributed by atoms with Crippen LogP contribution in [0.2, 0.25) is 0 Å². The van der Waals surface area contributed by atoms with E-state index in [0.717, 1.165) is 10.8 Å². The lowest BCUT2D eigenvalue weighted by molar-refractivity contribution is 0.0590. The molecule has 0 aromatic heterocycles. The van der Waals surface area contributed by atoms with E-state index in [1.54, 1.807) is 36.4 Å². The molecule has 0 aliphatic rings. The average molecular weight is 398 g/mol. The van der Waals surface area contributed by atoms with Crippen molar-refractivity contribution in [3.63, 3.8) is 0 Å². The monoisotopic (exact) mass is 398 g/mol. The predicted molar refractivity (Wildman–Crippen MR) is 114 cm³/mol. The molecule has 148 valence electrons. The Bertz CT molecular complexity index is 1310. The molecule has 5 nitrogen and oxygen atoms in total. The van der Waals surface area contributed by atoms with E-state index in [0.29, 0.717) is 21.9 Å². The van der Waals surface area contributed by atoms with Crippen LogP contribution in [0.4, 0.5) is 0 Å². The fourth-order valence-corrected chi connectivity index (χ4v) is 3.66. The zero-order chi connectivity index (χ0) is 21.3. The fourth-order valence-electron chi connectivity index (χ4n) is 3.66. The number of benzene rings is 4. The Morgan fingerprint density at radius 3 is 2.13 bits per heavy atom. The van der Waals surface area contributed by atoms with Crippen LogP contribution in [0, 0.1) is 0 Å². The molecule has 4 aromatic carbocycles. The predicted octanol–water partition coefficient (Wildman–Crippen LogP) is 4.80. The maximum absolute atomic E-state index is 13.7. The number of methoxy groups -OCH3 is 2. The van der Waals surface area contributed by atoms with Crippen LogP contribution in [0.5, 0.6) is 0 Å². The number of carbonyl (C=O) groups is 3. The summed E-state index contributed by atoms with van der Waals surface area (Å²) in [5.74, 6) is -1.36. The van der Waals surface area contributed by atoms with Crippen molar-refractivity contribution in [3.8, 4) is 0 Å². The maximum Gasteiger partial charge on any atom is 0.338 e. The Labute approximate surface area is 172 Å². The highest BCUT2D eigenvalue weighted by Crippen LogP contribution is 2.29. The van der Waals surface area contributed by atoms with Crippen molar-refractivity contribution < 1.29 is 23.9 Å². The summed E-state index contributed by atoms with van der Waals surface area (Å²) < 4.78 is 9.69. The molecular weight excluding hydrogens is 380 g/mol. The molecule has 4 aromatic rings. The van der Waals surface area contributed by atoms with Gasteiger partial charge >= 0.3 is 11.9 Å². The van der Waals surface area contributed by atoms with Gasteiger partial charge in [0, 0.05) is 11.1 Å². The second-order valence-corrected chi connectivity index (χ2v) is 6.76. The molecule has 0 fully saturated rings. The second kappa shape index (κ2) is 7.79. The highest BCUT2D eigenvalue weighted by atomic mass is 16.5. The molecule has 0 unspecified atom stereocenters. The van der Waals surface area contributed by atoms with E-state index in [1.165, 1.54) is 14.2 Å². The van der Waals surface area contributed by atoms with Crippen LogP contribution in [0.15, 0.2) is 72.8 Å². The Morgan fingerprint density at radius 1 is 0.633 bits per heavy atom. The van der Waals surface area contributed by atoms with Gasteiger partial charge in [-0.2, -0.15) is 0 Å². The first-order valence-electron chi connectivity index (χ1n) is 9.31. The molecule has 0 saturated carbocycles. The van der Waals surface area contributed by atoms with Gasteiger partial charge in [-0.3, -0.25) is 4.79 Å². The Balaban J connectivity index is 2.00. The maximum atomic E-state index is 13.7. The number of fused-ring (bicyclic) bond motifs is 2. The van der Waals surface area contributed by atoms with E-state index in [-0.39, 0.29) is 16.9 Å². The second-order valence-electron chi connectivity index (χ2n) is 6.76. The minimum atomic E-state index is -0.600. The van der Waals surface area contributed by atoms with Crippen LogP contribution in [-0.4, -0.2) is 31.9 Å². The van der Waals surface area contributed by atoms with E-state index >= 15 is 0 Å². The molecular formula is C25H18O5. The quantitative estimate of drug-likeness (QED) is 0.365. The van der Waals surface area contributed by atoms with Gasteiger partial charge in [0.1, 0.15) is 0 Å². The summed E-state index contributed by atoms with van der Waals surface area (Å²) in [4.78, 5) is 38.0. The molecule has 0 spiro atoms. The highest BCUT2D eigenvalue weighted by Gasteiger charge is 2.23. The van der Waals surface area contributed by atoms with Crippen LogP contribution < -0.4 is 0 Å². The third kappa shape index (κ3) is 3.20. The smallest absolute Gasteiger partial charge is 0.338 e. The Morgan fingerprint density at radius 2 is 1.37 bits per heavy atom. The van der Waals surface area contributed by atoms with Crippen molar-refractivity contribution in [2.75, 3.05) is 14.2 Å². The zero-order valence-corrected chi connectivity index (χ0v) is 16.5. The molecule has 4 rings (SSSR count). The molecule has 0 aliphatic carbocycles. The molecule has 0 N–H and O–H groups in total. The first kappa shape index (κ1) is 19.3. The summed E-state index contributed by atoms with van der Waals surface area (Å²) in [6.07, 6.45) is 0. The van der Waals surface area contributed by atoms with Gasteiger partial charge in [0.15, 0.2) is 5.78 Å². The topological polar surface area (TPSA) is 69.7 Å². The molecule has 0 heterocycles. The number of ether oxygens (including phenoxy) is 2. The number of hydrogen-bond acceptors (Lipinski definition) is 5. The largest absolute Gasteiger partial charge is 0.465 e. The van der Waals surface area contributed by atoms with E-state index in [2.05, 4.69) is 0 Å². The van der Waals surface area contributed by atoms with Crippen LogP contribution in [0.1, 0.15) is 36.6 Å². The summed E-state index contributed by atoms with van der Waals surface area (Å²) in [7, 11) is 2.58. The molecule has 5 heteroatoms. The number of rotatable bonds is 4. The van der Waals surface area contributed by atoms with Crippen molar-refractivity contribution in [3.05, 3.63) is 95.1 Å². The lowest BCUT2D eigenvalue weighted by Gasteiger charge is -2.13. The van der Waals surface area contributed by atoms with Crippen molar-refractivity contribution >= 4 is 39.3 Å². The van der Waals surface area contributed by atoms with Gasteiger partial charge in [0.05, 0.1) is 25.3 Å². The number of esters is 2. The number of carbonyl (C=O) groups excluding carboxylic acids is 3.